The molecule has 0 radical (unpaired) electrons. The third-order valence-electron chi connectivity index (χ3n) is 2.85. The van der Waals surface area contributed by atoms with Gasteiger partial charge in [0, 0.05) is 11.8 Å². The Bertz CT molecular complexity index is 512. The van der Waals surface area contributed by atoms with Gasteiger partial charge in [-0.3, -0.25) is 10.1 Å². The van der Waals surface area contributed by atoms with E-state index in [1.165, 1.54) is 0 Å². The summed E-state index contributed by atoms with van der Waals surface area (Å²) < 4.78 is 5.43. The molecule has 1 aliphatic rings. The summed E-state index contributed by atoms with van der Waals surface area (Å²) in [5, 5.41) is 11.5. The molecule has 5 nitrogen and oxygen atoms in total. The number of nitrogens with one attached hydrogen (secondary N) is 1. The maximum absolute atomic E-state index is 11.9. The summed E-state index contributed by atoms with van der Waals surface area (Å²) in [5.41, 5.74) is -0.600. The molecule has 1 heterocycles. The molecule has 0 aromatic carbocycles. The number of nitriles is 1. The first kappa shape index (κ1) is 12.9. The lowest BCUT2D eigenvalue weighted by atomic mass is 9.95. The number of anilines is 1. The lowest BCUT2D eigenvalue weighted by Gasteiger charge is -2.19. The first-order chi connectivity index (χ1) is 8.47. The third-order valence-corrected chi connectivity index (χ3v) is 3.52. The van der Waals surface area contributed by atoms with Crippen molar-refractivity contribution in [3.63, 3.8) is 0 Å². The number of alkyl halides is 1. The van der Waals surface area contributed by atoms with Crippen LogP contribution < -0.4 is 5.32 Å². The normalized spacial score (nSPS) is 15.2. The van der Waals surface area contributed by atoms with Gasteiger partial charge < -0.3 is 4.42 Å². The highest BCUT2D eigenvalue weighted by Gasteiger charge is 2.32. The average molecular weight is 268 g/mol. The predicted molar refractivity (Wildman–Crippen MR) is 66.3 cm³/mol. The van der Waals surface area contributed by atoms with E-state index in [4.69, 9.17) is 21.3 Å². The van der Waals surface area contributed by atoms with Crippen molar-refractivity contribution in [1.82, 2.24) is 4.98 Å². The van der Waals surface area contributed by atoms with Crippen LogP contribution in [0.3, 0.4) is 0 Å². The molecule has 1 amide bonds. The van der Waals surface area contributed by atoms with Gasteiger partial charge in [0.25, 0.3) is 0 Å². The van der Waals surface area contributed by atoms with Crippen molar-refractivity contribution in [3.05, 3.63) is 11.6 Å². The molecule has 96 valence electrons. The number of carbonyl (C=O) groups excluding carboxylic acids is 1. The van der Waals surface area contributed by atoms with E-state index >= 15 is 0 Å². The van der Waals surface area contributed by atoms with Crippen molar-refractivity contribution < 1.29 is 9.21 Å². The van der Waals surface area contributed by atoms with Crippen LogP contribution in [-0.2, 0) is 4.79 Å². The molecular formula is C12H14ClN3O2. The summed E-state index contributed by atoms with van der Waals surface area (Å²) >= 11 is 5.72. The highest BCUT2D eigenvalue weighted by molar-refractivity contribution is 6.20. The molecule has 0 saturated heterocycles. The van der Waals surface area contributed by atoms with Gasteiger partial charge in [-0.25, -0.2) is 4.98 Å². The summed E-state index contributed by atoms with van der Waals surface area (Å²) in [6, 6.07) is 1.92. The maximum atomic E-state index is 11.9. The second kappa shape index (κ2) is 4.62. The van der Waals surface area contributed by atoms with Crippen molar-refractivity contribution in [1.29, 1.82) is 5.26 Å². The third kappa shape index (κ3) is 2.49. The van der Waals surface area contributed by atoms with Crippen LogP contribution in [0.15, 0.2) is 4.42 Å². The SMILES string of the molecule is CC(C)(CCl)C(=O)Nc1oc(C2CC2)nc1C#N. The van der Waals surface area contributed by atoms with Crippen LogP contribution in [0.25, 0.3) is 0 Å². The van der Waals surface area contributed by atoms with E-state index in [9.17, 15) is 4.79 Å². The van der Waals surface area contributed by atoms with Crippen molar-refractivity contribution in [3.8, 4) is 6.07 Å². The summed E-state index contributed by atoms with van der Waals surface area (Å²) in [6.07, 6.45) is 2.04. The van der Waals surface area contributed by atoms with Gasteiger partial charge in [0.05, 0.1) is 5.41 Å². The fraction of sp³-hybridized carbons (Fsp3) is 0.583. The Hall–Kier alpha value is -1.54. The minimum absolute atomic E-state index is 0.121. The molecule has 1 aromatic heterocycles. The quantitative estimate of drug-likeness (QED) is 0.851. The van der Waals surface area contributed by atoms with Gasteiger partial charge in [-0.1, -0.05) is 0 Å². The predicted octanol–water partition coefficient (Wildman–Crippen LogP) is 2.63. The van der Waals surface area contributed by atoms with Crippen molar-refractivity contribution in [2.75, 3.05) is 11.2 Å². The molecule has 1 N–H and O–H groups in total. The van der Waals surface area contributed by atoms with Crippen LogP contribution in [0.4, 0.5) is 5.88 Å². The number of rotatable bonds is 4. The Morgan fingerprint density at radius 2 is 2.33 bits per heavy atom. The minimum Gasteiger partial charge on any atom is -0.423 e. The molecule has 2 rings (SSSR count). The number of hydrogen-bond donors (Lipinski definition) is 1. The van der Waals surface area contributed by atoms with Gasteiger partial charge >= 0.3 is 0 Å². The first-order valence-electron chi connectivity index (χ1n) is 5.76. The average Bonchev–Trinajstić information content (AvgIpc) is 3.11. The molecule has 1 fully saturated rings. The zero-order valence-electron chi connectivity index (χ0n) is 10.3. The molecule has 6 heteroatoms. The number of halogens is 1. The largest absolute Gasteiger partial charge is 0.423 e. The zero-order chi connectivity index (χ0) is 13.3. The molecule has 18 heavy (non-hydrogen) atoms. The summed E-state index contributed by atoms with van der Waals surface area (Å²) in [6.45, 7) is 3.44. The number of nitrogens with zero attached hydrogens (tertiary/aromatic N) is 2. The lowest BCUT2D eigenvalue weighted by Crippen LogP contribution is -2.32. The number of hydrogen-bond acceptors (Lipinski definition) is 4. The van der Waals surface area contributed by atoms with E-state index in [2.05, 4.69) is 10.3 Å². The second-order valence-electron chi connectivity index (χ2n) is 5.09. The molecule has 0 aliphatic heterocycles. The van der Waals surface area contributed by atoms with Crippen LogP contribution in [0, 0.1) is 16.7 Å². The summed E-state index contributed by atoms with van der Waals surface area (Å²) in [5.74, 6) is 0.856. The highest BCUT2D eigenvalue weighted by atomic mass is 35.5. The zero-order valence-corrected chi connectivity index (χ0v) is 11.0. The van der Waals surface area contributed by atoms with Crippen molar-refractivity contribution >= 4 is 23.4 Å². The van der Waals surface area contributed by atoms with Crippen LogP contribution in [-0.4, -0.2) is 16.8 Å². The minimum atomic E-state index is -0.721. The van der Waals surface area contributed by atoms with E-state index in [1.54, 1.807) is 13.8 Å². The van der Waals surface area contributed by atoms with E-state index in [0.29, 0.717) is 11.8 Å². The van der Waals surface area contributed by atoms with E-state index in [1.807, 2.05) is 6.07 Å². The smallest absolute Gasteiger partial charge is 0.238 e. The van der Waals surface area contributed by atoms with Crippen molar-refractivity contribution in [2.45, 2.75) is 32.6 Å². The van der Waals surface area contributed by atoms with Crippen LogP contribution in [0.1, 0.15) is 44.2 Å². The van der Waals surface area contributed by atoms with Gasteiger partial charge in [0.15, 0.2) is 0 Å². The molecule has 0 bridgehead atoms. The molecule has 1 saturated carbocycles. The fourth-order valence-corrected chi connectivity index (χ4v) is 1.46. The van der Waals surface area contributed by atoms with E-state index < -0.39 is 5.41 Å². The van der Waals surface area contributed by atoms with Crippen molar-refractivity contribution in [2.24, 2.45) is 5.41 Å². The van der Waals surface area contributed by atoms with E-state index in [0.717, 1.165) is 12.8 Å². The van der Waals surface area contributed by atoms with Gasteiger partial charge in [0.2, 0.25) is 23.4 Å². The molecule has 1 aliphatic carbocycles. The lowest BCUT2D eigenvalue weighted by molar-refractivity contribution is -0.123. The topological polar surface area (TPSA) is 78.9 Å². The number of oxazole rings is 1. The summed E-state index contributed by atoms with van der Waals surface area (Å²) in [7, 11) is 0. The first-order valence-corrected chi connectivity index (χ1v) is 6.29. The number of aromatic nitrogens is 1. The summed E-state index contributed by atoms with van der Waals surface area (Å²) in [4.78, 5) is 16.0. The monoisotopic (exact) mass is 267 g/mol. The fourth-order valence-electron chi connectivity index (χ4n) is 1.34. The standard InChI is InChI=1S/C12H14ClN3O2/c1-12(2,6-13)11(17)16-10-8(5-14)15-9(18-10)7-3-4-7/h7H,3-4,6H2,1-2H3,(H,16,17). The van der Waals surface area contributed by atoms with Gasteiger partial charge in [-0.15, -0.1) is 11.6 Å². The van der Waals surface area contributed by atoms with Crippen LogP contribution in [0.5, 0.6) is 0 Å². The van der Waals surface area contributed by atoms with E-state index in [-0.39, 0.29) is 23.4 Å². The molecule has 0 unspecified atom stereocenters. The Balaban J connectivity index is 2.18. The number of carbonyl (C=O) groups is 1. The van der Waals surface area contributed by atoms with Crippen LogP contribution >= 0.6 is 11.6 Å². The Labute approximate surface area is 110 Å². The van der Waals surface area contributed by atoms with Gasteiger partial charge in [-0.2, -0.15) is 5.26 Å². The molecule has 0 spiro atoms. The number of amides is 1. The van der Waals surface area contributed by atoms with Gasteiger partial charge in [-0.05, 0) is 26.7 Å². The molecule has 0 atom stereocenters. The Kier molecular flexibility index (Phi) is 3.31. The Morgan fingerprint density at radius 1 is 1.67 bits per heavy atom. The maximum Gasteiger partial charge on any atom is 0.238 e. The molecule has 1 aromatic rings. The van der Waals surface area contributed by atoms with Crippen LogP contribution in [0.2, 0.25) is 0 Å². The Morgan fingerprint density at radius 3 is 2.83 bits per heavy atom. The second-order valence-corrected chi connectivity index (χ2v) is 5.35. The molecular weight excluding hydrogens is 254 g/mol. The van der Waals surface area contributed by atoms with Gasteiger partial charge in [0.1, 0.15) is 6.07 Å². The highest BCUT2D eigenvalue weighted by Crippen LogP contribution is 2.41.